The van der Waals surface area contributed by atoms with Gasteiger partial charge in [0.05, 0.1) is 19.3 Å². The molecule has 0 aliphatic carbocycles. The van der Waals surface area contributed by atoms with Crippen LogP contribution in [0.15, 0.2) is 4.99 Å². The maximum Gasteiger partial charge on any atom is 0.191 e. The fourth-order valence-corrected chi connectivity index (χ4v) is 3.09. The average molecular weight is 410 g/mol. The minimum absolute atomic E-state index is 0. The highest BCUT2D eigenvalue weighted by molar-refractivity contribution is 14.0. The zero-order valence-corrected chi connectivity index (χ0v) is 16.0. The van der Waals surface area contributed by atoms with Crippen LogP contribution in [-0.4, -0.2) is 67.2 Å². The molecule has 0 aromatic heterocycles. The molecule has 0 amide bonds. The van der Waals surface area contributed by atoms with E-state index in [4.69, 9.17) is 10.5 Å². The van der Waals surface area contributed by atoms with Crippen molar-refractivity contribution in [2.45, 2.75) is 45.8 Å². The third-order valence-corrected chi connectivity index (χ3v) is 4.39. The van der Waals surface area contributed by atoms with Gasteiger partial charge in [-0.2, -0.15) is 0 Å². The van der Waals surface area contributed by atoms with E-state index in [1.165, 1.54) is 25.9 Å². The lowest BCUT2D eigenvalue weighted by atomic mass is 9.99. The number of hydrogen-bond acceptors (Lipinski definition) is 3. The Hall–Kier alpha value is -0.0800. The second-order valence-corrected chi connectivity index (χ2v) is 6.42. The van der Waals surface area contributed by atoms with Crippen molar-refractivity contribution in [2.75, 3.05) is 39.3 Å². The highest BCUT2D eigenvalue weighted by Crippen LogP contribution is 2.17. The van der Waals surface area contributed by atoms with Crippen molar-refractivity contribution in [1.82, 2.24) is 9.80 Å². The van der Waals surface area contributed by atoms with Crippen LogP contribution >= 0.6 is 24.0 Å². The van der Waals surface area contributed by atoms with Crippen molar-refractivity contribution in [3.8, 4) is 0 Å². The van der Waals surface area contributed by atoms with Crippen molar-refractivity contribution in [3.63, 3.8) is 0 Å². The highest BCUT2D eigenvalue weighted by atomic mass is 127. The Kier molecular flexibility index (Phi) is 8.26. The molecule has 2 aliphatic rings. The molecule has 2 saturated heterocycles. The molecule has 3 atom stereocenters. The molecule has 0 bridgehead atoms. The quantitative estimate of drug-likeness (QED) is 0.438. The maximum absolute atomic E-state index is 6.12. The van der Waals surface area contributed by atoms with Crippen LogP contribution in [0, 0.1) is 5.92 Å². The molecule has 21 heavy (non-hydrogen) atoms. The summed E-state index contributed by atoms with van der Waals surface area (Å²) in [5.74, 6) is 1.49. The normalized spacial score (nSPS) is 29.9. The Bertz CT molecular complexity index is 340. The van der Waals surface area contributed by atoms with Gasteiger partial charge >= 0.3 is 0 Å². The Labute approximate surface area is 146 Å². The van der Waals surface area contributed by atoms with Crippen LogP contribution in [-0.2, 0) is 4.74 Å². The lowest BCUT2D eigenvalue weighted by molar-refractivity contribution is 0.00524. The van der Waals surface area contributed by atoms with Gasteiger partial charge in [0.1, 0.15) is 0 Å². The molecule has 124 valence electrons. The summed E-state index contributed by atoms with van der Waals surface area (Å²) in [6.45, 7) is 12.3. The van der Waals surface area contributed by atoms with Crippen LogP contribution in [0.5, 0.6) is 0 Å². The fraction of sp³-hybridized carbons (Fsp3) is 0.933. The minimum Gasteiger partial charge on any atom is -0.375 e. The molecule has 0 aromatic carbocycles. The van der Waals surface area contributed by atoms with Gasteiger partial charge in [-0.3, -0.25) is 9.89 Å². The van der Waals surface area contributed by atoms with Gasteiger partial charge in [0.25, 0.3) is 0 Å². The molecule has 0 radical (unpaired) electrons. The summed E-state index contributed by atoms with van der Waals surface area (Å²) in [6.07, 6.45) is 2.92. The molecule has 6 heteroatoms. The van der Waals surface area contributed by atoms with Gasteiger partial charge < -0.3 is 15.4 Å². The van der Waals surface area contributed by atoms with Crippen LogP contribution in [0.25, 0.3) is 0 Å². The monoisotopic (exact) mass is 410 g/mol. The lowest BCUT2D eigenvalue weighted by Crippen LogP contribution is -2.48. The number of halogens is 1. The number of hydrogen-bond donors (Lipinski definition) is 1. The van der Waals surface area contributed by atoms with E-state index in [1.807, 2.05) is 0 Å². The highest BCUT2D eigenvalue weighted by Gasteiger charge is 2.21. The van der Waals surface area contributed by atoms with E-state index in [-0.39, 0.29) is 30.1 Å². The molecular weight excluding hydrogens is 379 g/mol. The number of likely N-dealkylation sites (tertiary alicyclic amines) is 1. The predicted molar refractivity (Wildman–Crippen MR) is 98.3 cm³/mol. The molecule has 0 aromatic rings. The summed E-state index contributed by atoms with van der Waals surface area (Å²) in [5, 5.41) is 0. The Balaban J connectivity index is 0.00000220. The van der Waals surface area contributed by atoms with Crippen LogP contribution in [0.1, 0.15) is 33.6 Å². The SMILES string of the molecule is CC1CCCN(C(C)CN=C(N)N2CCOC(C)C2)C1.I. The van der Waals surface area contributed by atoms with Crippen molar-refractivity contribution in [3.05, 3.63) is 0 Å². The first-order valence-corrected chi connectivity index (χ1v) is 7.96. The smallest absolute Gasteiger partial charge is 0.191 e. The van der Waals surface area contributed by atoms with Crippen molar-refractivity contribution in [2.24, 2.45) is 16.6 Å². The molecule has 0 saturated carbocycles. The number of guanidine groups is 1. The number of ether oxygens (including phenoxy) is 1. The van der Waals surface area contributed by atoms with Crippen molar-refractivity contribution >= 4 is 29.9 Å². The third-order valence-electron chi connectivity index (χ3n) is 4.39. The van der Waals surface area contributed by atoms with E-state index in [0.29, 0.717) is 12.0 Å². The third kappa shape index (κ3) is 5.90. The van der Waals surface area contributed by atoms with Gasteiger partial charge in [-0.15, -0.1) is 24.0 Å². The molecule has 2 aliphatic heterocycles. The second-order valence-electron chi connectivity index (χ2n) is 6.42. The summed E-state index contributed by atoms with van der Waals surface area (Å²) in [6, 6.07) is 0.481. The minimum atomic E-state index is 0. The zero-order chi connectivity index (χ0) is 14.5. The van der Waals surface area contributed by atoms with E-state index in [2.05, 4.69) is 35.6 Å². The molecule has 2 rings (SSSR count). The summed E-state index contributed by atoms with van der Waals surface area (Å²) in [7, 11) is 0. The Morgan fingerprint density at radius 1 is 1.33 bits per heavy atom. The first-order chi connectivity index (χ1) is 9.56. The summed E-state index contributed by atoms with van der Waals surface area (Å²) < 4.78 is 5.53. The standard InChI is InChI=1S/C15H30N4O.HI/c1-12-5-4-6-18(10-12)13(2)9-17-15(16)19-7-8-20-14(3)11-19;/h12-14H,4-11H2,1-3H3,(H2,16,17);1H. The maximum atomic E-state index is 6.12. The van der Waals surface area contributed by atoms with Gasteiger partial charge in [-0.05, 0) is 39.2 Å². The van der Waals surface area contributed by atoms with Crippen molar-refractivity contribution < 1.29 is 4.74 Å². The molecule has 3 unspecified atom stereocenters. The van der Waals surface area contributed by atoms with Gasteiger partial charge in [0.2, 0.25) is 0 Å². The van der Waals surface area contributed by atoms with Crippen LogP contribution in [0.3, 0.4) is 0 Å². The van der Waals surface area contributed by atoms with Crippen LogP contribution in [0.2, 0.25) is 0 Å². The number of piperidine rings is 1. The summed E-state index contributed by atoms with van der Waals surface area (Å²) >= 11 is 0. The Morgan fingerprint density at radius 2 is 2.10 bits per heavy atom. The predicted octanol–water partition coefficient (Wildman–Crippen LogP) is 1.76. The van der Waals surface area contributed by atoms with Gasteiger partial charge in [-0.1, -0.05) is 6.92 Å². The number of aliphatic imine (C=N–C) groups is 1. The van der Waals surface area contributed by atoms with Crippen molar-refractivity contribution in [1.29, 1.82) is 0 Å². The number of nitrogens with zero attached hydrogens (tertiary/aromatic N) is 3. The molecule has 0 spiro atoms. The second kappa shape index (κ2) is 9.15. The summed E-state index contributed by atoms with van der Waals surface area (Å²) in [4.78, 5) is 9.29. The van der Waals surface area contributed by atoms with Gasteiger partial charge in [-0.25, -0.2) is 0 Å². The van der Waals surface area contributed by atoms with Crippen LogP contribution < -0.4 is 5.73 Å². The first kappa shape index (κ1) is 19.0. The van der Waals surface area contributed by atoms with E-state index in [9.17, 15) is 0 Å². The number of morpholine rings is 1. The molecule has 2 heterocycles. The van der Waals surface area contributed by atoms with Crippen LogP contribution in [0.4, 0.5) is 0 Å². The van der Waals surface area contributed by atoms with Gasteiger partial charge in [0.15, 0.2) is 5.96 Å². The van der Waals surface area contributed by atoms with E-state index in [0.717, 1.165) is 32.2 Å². The first-order valence-electron chi connectivity index (χ1n) is 7.96. The largest absolute Gasteiger partial charge is 0.375 e. The zero-order valence-electron chi connectivity index (χ0n) is 13.6. The Morgan fingerprint density at radius 3 is 2.76 bits per heavy atom. The molecule has 2 fully saturated rings. The van der Waals surface area contributed by atoms with E-state index in [1.54, 1.807) is 0 Å². The molecule has 2 N–H and O–H groups in total. The topological polar surface area (TPSA) is 54.1 Å². The fourth-order valence-electron chi connectivity index (χ4n) is 3.09. The average Bonchev–Trinajstić information content (AvgIpc) is 2.44. The lowest BCUT2D eigenvalue weighted by Gasteiger charge is -2.35. The van der Waals surface area contributed by atoms with Gasteiger partial charge in [0, 0.05) is 25.7 Å². The number of nitrogens with two attached hydrogens (primary N) is 1. The molecule has 5 nitrogen and oxygen atoms in total. The van der Waals surface area contributed by atoms with E-state index < -0.39 is 0 Å². The summed E-state index contributed by atoms with van der Waals surface area (Å²) in [5.41, 5.74) is 6.12. The van der Waals surface area contributed by atoms with E-state index >= 15 is 0 Å². The number of rotatable bonds is 3. The molecular formula is C15H31IN4O.